The first-order chi connectivity index (χ1) is 9.74. The second-order valence-electron chi connectivity index (χ2n) is 4.52. The fourth-order valence-electron chi connectivity index (χ4n) is 2.10. The van der Waals surface area contributed by atoms with Gasteiger partial charge in [-0.1, -0.05) is 24.3 Å². The molecule has 0 atom stereocenters. The van der Waals surface area contributed by atoms with Gasteiger partial charge in [0, 0.05) is 18.1 Å². The van der Waals surface area contributed by atoms with E-state index in [1.54, 1.807) is 12.3 Å². The van der Waals surface area contributed by atoms with Gasteiger partial charge < -0.3 is 10.4 Å². The molecule has 0 amide bonds. The van der Waals surface area contributed by atoms with E-state index in [1.165, 1.54) is 0 Å². The van der Waals surface area contributed by atoms with E-state index in [1.807, 2.05) is 42.5 Å². The van der Waals surface area contributed by atoms with Gasteiger partial charge in [0.2, 0.25) is 0 Å². The Labute approximate surface area is 125 Å². The molecule has 0 unspecified atom stereocenters. The van der Waals surface area contributed by atoms with Crippen LogP contribution in [0, 0.1) is 0 Å². The third kappa shape index (κ3) is 2.60. The molecule has 0 aliphatic carbocycles. The number of para-hydroxylation sites is 1. The first kappa shape index (κ1) is 12.9. The molecule has 0 saturated heterocycles. The van der Waals surface area contributed by atoms with Crippen LogP contribution in [-0.4, -0.2) is 10.1 Å². The Hall–Kier alpha value is -2.07. The topological polar surface area (TPSA) is 45.1 Å². The molecule has 1 aromatic heterocycles. The van der Waals surface area contributed by atoms with Crippen LogP contribution in [0.25, 0.3) is 10.9 Å². The predicted octanol–water partition coefficient (Wildman–Crippen LogP) is 4.32. The predicted molar refractivity (Wildman–Crippen MR) is 84.9 cm³/mol. The van der Waals surface area contributed by atoms with Crippen molar-refractivity contribution in [2.24, 2.45) is 0 Å². The monoisotopic (exact) mass is 328 g/mol. The van der Waals surface area contributed by atoms with Crippen molar-refractivity contribution >= 4 is 32.5 Å². The first-order valence-corrected chi connectivity index (χ1v) is 7.08. The van der Waals surface area contributed by atoms with Gasteiger partial charge in [-0.2, -0.15) is 0 Å². The van der Waals surface area contributed by atoms with Gasteiger partial charge in [0.15, 0.2) is 0 Å². The third-order valence-electron chi connectivity index (χ3n) is 3.13. The molecule has 3 rings (SSSR count). The van der Waals surface area contributed by atoms with Gasteiger partial charge in [-0.15, -0.1) is 0 Å². The van der Waals surface area contributed by atoms with Crippen molar-refractivity contribution in [3.8, 4) is 5.75 Å². The van der Waals surface area contributed by atoms with Crippen LogP contribution in [0.15, 0.2) is 59.2 Å². The Kier molecular flexibility index (Phi) is 3.56. The third-order valence-corrected chi connectivity index (χ3v) is 3.76. The normalized spacial score (nSPS) is 10.7. The molecule has 0 aliphatic heterocycles. The number of halogens is 1. The minimum atomic E-state index is 0.251. The molecule has 0 radical (unpaired) electrons. The Morgan fingerprint density at radius 1 is 1.10 bits per heavy atom. The lowest BCUT2D eigenvalue weighted by molar-refractivity contribution is 0.471. The SMILES string of the molecule is Oc1ccc(CNc2cccc3cccnc23)cc1Br. The molecule has 20 heavy (non-hydrogen) atoms. The van der Waals surface area contributed by atoms with Crippen LogP contribution in [0.4, 0.5) is 5.69 Å². The number of pyridine rings is 1. The van der Waals surface area contributed by atoms with Gasteiger partial charge in [-0.3, -0.25) is 4.98 Å². The van der Waals surface area contributed by atoms with E-state index in [0.717, 1.165) is 22.2 Å². The maximum Gasteiger partial charge on any atom is 0.129 e. The molecule has 0 bridgehead atoms. The maximum atomic E-state index is 9.49. The number of phenolic OH excluding ortho intramolecular Hbond substituents is 1. The lowest BCUT2D eigenvalue weighted by atomic mass is 10.1. The Morgan fingerprint density at radius 2 is 1.95 bits per heavy atom. The molecular formula is C16H13BrN2O. The van der Waals surface area contributed by atoms with Crippen LogP contribution >= 0.6 is 15.9 Å². The summed E-state index contributed by atoms with van der Waals surface area (Å²) in [5.41, 5.74) is 3.06. The second kappa shape index (κ2) is 5.51. The van der Waals surface area contributed by atoms with Gasteiger partial charge in [0.25, 0.3) is 0 Å². The number of benzene rings is 2. The van der Waals surface area contributed by atoms with Crippen LogP contribution in [0.5, 0.6) is 5.75 Å². The number of hydrogen-bond acceptors (Lipinski definition) is 3. The van der Waals surface area contributed by atoms with Crippen LogP contribution in [0.3, 0.4) is 0 Å². The second-order valence-corrected chi connectivity index (χ2v) is 5.37. The molecule has 0 aliphatic rings. The summed E-state index contributed by atoms with van der Waals surface area (Å²) in [5.74, 6) is 0.251. The number of nitrogens with one attached hydrogen (secondary N) is 1. The summed E-state index contributed by atoms with van der Waals surface area (Å²) in [6.45, 7) is 0.675. The van der Waals surface area contributed by atoms with E-state index in [-0.39, 0.29) is 5.75 Å². The molecule has 3 aromatic rings. The van der Waals surface area contributed by atoms with Crippen molar-refractivity contribution in [1.82, 2.24) is 4.98 Å². The van der Waals surface area contributed by atoms with Crippen molar-refractivity contribution in [3.63, 3.8) is 0 Å². The van der Waals surface area contributed by atoms with E-state index >= 15 is 0 Å². The molecule has 2 N–H and O–H groups in total. The van der Waals surface area contributed by atoms with E-state index < -0.39 is 0 Å². The fourth-order valence-corrected chi connectivity index (χ4v) is 2.53. The van der Waals surface area contributed by atoms with Crippen LogP contribution in [-0.2, 0) is 6.54 Å². The number of phenols is 1. The molecule has 2 aromatic carbocycles. The van der Waals surface area contributed by atoms with E-state index in [9.17, 15) is 5.11 Å². The van der Waals surface area contributed by atoms with Crippen molar-refractivity contribution in [1.29, 1.82) is 0 Å². The number of rotatable bonds is 3. The Morgan fingerprint density at radius 3 is 2.80 bits per heavy atom. The smallest absolute Gasteiger partial charge is 0.129 e. The summed E-state index contributed by atoms with van der Waals surface area (Å²) in [6, 6.07) is 15.5. The molecule has 4 heteroatoms. The fraction of sp³-hybridized carbons (Fsp3) is 0.0625. The summed E-state index contributed by atoms with van der Waals surface area (Å²) in [5, 5.41) is 14.0. The quantitative estimate of drug-likeness (QED) is 0.752. The van der Waals surface area contributed by atoms with Crippen molar-refractivity contribution in [2.75, 3.05) is 5.32 Å². The van der Waals surface area contributed by atoms with Crippen LogP contribution < -0.4 is 5.32 Å². The Balaban J connectivity index is 1.85. The van der Waals surface area contributed by atoms with Crippen LogP contribution in [0.2, 0.25) is 0 Å². The number of anilines is 1. The minimum absolute atomic E-state index is 0.251. The largest absolute Gasteiger partial charge is 0.507 e. The minimum Gasteiger partial charge on any atom is -0.507 e. The highest BCUT2D eigenvalue weighted by molar-refractivity contribution is 9.10. The zero-order chi connectivity index (χ0) is 13.9. The summed E-state index contributed by atoms with van der Waals surface area (Å²) >= 11 is 3.32. The summed E-state index contributed by atoms with van der Waals surface area (Å²) in [6.07, 6.45) is 1.80. The zero-order valence-electron chi connectivity index (χ0n) is 10.7. The van der Waals surface area contributed by atoms with E-state index in [2.05, 4.69) is 26.2 Å². The molecular weight excluding hydrogens is 316 g/mol. The summed E-state index contributed by atoms with van der Waals surface area (Å²) < 4.78 is 0.702. The van der Waals surface area contributed by atoms with Gasteiger partial charge in [-0.05, 0) is 45.8 Å². The molecule has 1 heterocycles. The highest BCUT2D eigenvalue weighted by atomic mass is 79.9. The van der Waals surface area contributed by atoms with Gasteiger partial charge in [-0.25, -0.2) is 0 Å². The molecule has 3 nitrogen and oxygen atoms in total. The van der Waals surface area contributed by atoms with Crippen molar-refractivity contribution in [2.45, 2.75) is 6.54 Å². The number of fused-ring (bicyclic) bond motifs is 1. The highest BCUT2D eigenvalue weighted by Gasteiger charge is 2.03. The number of nitrogens with zero attached hydrogens (tertiary/aromatic N) is 1. The summed E-state index contributed by atoms with van der Waals surface area (Å²) in [7, 11) is 0. The van der Waals surface area contributed by atoms with Crippen molar-refractivity contribution in [3.05, 3.63) is 64.8 Å². The van der Waals surface area contributed by atoms with E-state index in [4.69, 9.17) is 0 Å². The lowest BCUT2D eigenvalue weighted by Gasteiger charge is -2.09. The zero-order valence-corrected chi connectivity index (χ0v) is 12.3. The van der Waals surface area contributed by atoms with Crippen LogP contribution in [0.1, 0.15) is 5.56 Å². The molecule has 0 saturated carbocycles. The number of hydrogen-bond donors (Lipinski definition) is 2. The average Bonchev–Trinajstić information content (AvgIpc) is 2.48. The van der Waals surface area contributed by atoms with Crippen molar-refractivity contribution < 1.29 is 5.11 Å². The first-order valence-electron chi connectivity index (χ1n) is 6.29. The molecule has 0 spiro atoms. The lowest BCUT2D eigenvalue weighted by Crippen LogP contribution is -2.00. The maximum absolute atomic E-state index is 9.49. The number of aromatic nitrogens is 1. The Bertz CT molecular complexity index is 753. The van der Waals surface area contributed by atoms with E-state index in [0.29, 0.717) is 11.0 Å². The van der Waals surface area contributed by atoms with Gasteiger partial charge in [0.1, 0.15) is 5.75 Å². The highest BCUT2D eigenvalue weighted by Crippen LogP contribution is 2.25. The van der Waals surface area contributed by atoms with Gasteiger partial charge in [0.05, 0.1) is 15.7 Å². The number of aromatic hydroxyl groups is 1. The average molecular weight is 329 g/mol. The molecule has 0 fully saturated rings. The van der Waals surface area contributed by atoms with Gasteiger partial charge >= 0.3 is 0 Å². The molecule has 100 valence electrons. The standard InChI is InChI=1S/C16H13BrN2O/c17-13-9-11(6-7-15(13)20)10-19-14-5-1-3-12-4-2-8-18-16(12)14/h1-9,19-20H,10H2. The summed E-state index contributed by atoms with van der Waals surface area (Å²) in [4.78, 5) is 4.41.